The van der Waals surface area contributed by atoms with Gasteiger partial charge in [0.15, 0.2) is 5.78 Å². The molecule has 4 nitrogen and oxygen atoms in total. The van der Waals surface area contributed by atoms with Crippen LogP contribution in [0.2, 0.25) is 4.34 Å². The number of carbonyl (C=O) groups is 2. The van der Waals surface area contributed by atoms with Crippen LogP contribution in [-0.2, 0) is 4.79 Å². The van der Waals surface area contributed by atoms with Crippen LogP contribution in [0.5, 0.6) is 0 Å². The van der Waals surface area contributed by atoms with Crippen molar-refractivity contribution < 1.29 is 14.0 Å². The Labute approximate surface area is 161 Å². The molecule has 1 aromatic carbocycles. The average molecular weight is 395 g/mol. The lowest BCUT2D eigenvalue weighted by molar-refractivity contribution is -0.121. The van der Waals surface area contributed by atoms with Gasteiger partial charge in [0, 0.05) is 38.2 Å². The molecule has 0 aliphatic carbocycles. The summed E-state index contributed by atoms with van der Waals surface area (Å²) in [6.07, 6.45) is 1.35. The van der Waals surface area contributed by atoms with Gasteiger partial charge < -0.3 is 10.2 Å². The van der Waals surface area contributed by atoms with Crippen LogP contribution < -0.4 is 10.2 Å². The first-order chi connectivity index (χ1) is 12.5. The van der Waals surface area contributed by atoms with Gasteiger partial charge in [0.1, 0.15) is 5.82 Å². The number of Topliss-reactive ketones (excluding diaryl/α,β-unsaturated/α-hetero) is 1. The molecule has 0 bridgehead atoms. The van der Waals surface area contributed by atoms with E-state index >= 15 is 0 Å². The highest BCUT2D eigenvalue weighted by Crippen LogP contribution is 2.24. The molecule has 0 radical (unpaired) electrons. The minimum absolute atomic E-state index is 0.0552. The molecular weight excluding hydrogens is 375 g/mol. The summed E-state index contributed by atoms with van der Waals surface area (Å²) in [6, 6.07) is 9.85. The SMILES string of the molecule is O=C(CCC(=O)c1ccc(Cl)s1)NCC1CCN(c2ccc(F)cc2)C1. The van der Waals surface area contributed by atoms with Gasteiger partial charge >= 0.3 is 0 Å². The maximum Gasteiger partial charge on any atom is 0.220 e. The molecule has 26 heavy (non-hydrogen) atoms. The summed E-state index contributed by atoms with van der Waals surface area (Å²) in [5, 5.41) is 2.92. The summed E-state index contributed by atoms with van der Waals surface area (Å²) in [5.41, 5.74) is 1.00. The summed E-state index contributed by atoms with van der Waals surface area (Å²) in [7, 11) is 0. The van der Waals surface area contributed by atoms with E-state index in [0.29, 0.717) is 21.7 Å². The number of hydrogen-bond donors (Lipinski definition) is 1. The van der Waals surface area contributed by atoms with Gasteiger partial charge in [0.05, 0.1) is 9.21 Å². The van der Waals surface area contributed by atoms with E-state index in [4.69, 9.17) is 11.6 Å². The molecule has 0 saturated carbocycles. The van der Waals surface area contributed by atoms with Crippen LogP contribution in [-0.4, -0.2) is 31.3 Å². The Morgan fingerprint density at radius 2 is 1.96 bits per heavy atom. The zero-order valence-corrected chi connectivity index (χ0v) is 15.8. The van der Waals surface area contributed by atoms with Crippen molar-refractivity contribution in [3.8, 4) is 0 Å². The van der Waals surface area contributed by atoms with Gasteiger partial charge in [0.2, 0.25) is 5.91 Å². The average Bonchev–Trinajstić information content (AvgIpc) is 3.27. The fourth-order valence-electron chi connectivity index (χ4n) is 3.05. The van der Waals surface area contributed by atoms with Crippen LogP contribution in [0.1, 0.15) is 28.9 Å². The van der Waals surface area contributed by atoms with Crippen LogP contribution in [0, 0.1) is 11.7 Å². The molecule has 1 fully saturated rings. The van der Waals surface area contributed by atoms with Gasteiger partial charge in [-0.3, -0.25) is 9.59 Å². The molecule has 1 unspecified atom stereocenters. The molecule has 2 aromatic rings. The lowest BCUT2D eigenvalue weighted by atomic mass is 10.1. The molecule has 3 rings (SSSR count). The Kier molecular flexibility index (Phi) is 6.27. The zero-order chi connectivity index (χ0) is 18.5. The number of carbonyl (C=O) groups excluding carboxylic acids is 2. The fraction of sp³-hybridized carbons (Fsp3) is 0.368. The van der Waals surface area contributed by atoms with E-state index in [-0.39, 0.29) is 30.3 Å². The van der Waals surface area contributed by atoms with Gasteiger partial charge in [-0.1, -0.05) is 11.6 Å². The van der Waals surface area contributed by atoms with Crippen LogP contribution in [0.4, 0.5) is 10.1 Å². The molecule has 7 heteroatoms. The van der Waals surface area contributed by atoms with E-state index in [1.807, 2.05) is 0 Å². The number of ketones is 1. The second-order valence-corrected chi connectivity index (χ2v) is 8.12. The third-order valence-corrected chi connectivity index (χ3v) is 5.76. The molecule has 1 saturated heterocycles. The third-order valence-electron chi connectivity index (χ3n) is 4.49. The van der Waals surface area contributed by atoms with Crippen LogP contribution in [0.25, 0.3) is 0 Å². The summed E-state index contributed by atoms with van der Waals surface area (Å²) in [6.45, 7) is 2.32. The highest BCUT2D eigenvalue weighted by molar-refractivity contribution is 7.18. The molecule has 1 aliphatic heterocycles. The van der Waals surface area contributed by atoms with E-state index in [0.717, 1.165) is 25.2 Å². The molecule has 2 heterocycles. The molecule has 138 valence electrons. The highest BCUT2D eigenvalue weighted by Gasteiger charge is 2.23. The Morgan fingerprint density at radius 1 is 1.19 bits per heavy atom. The van der Waals surface area contributed by atoms with Crippen LogP contribution in [0.15, 0.2) is 36.4 Å². The van der Waals surface area contributed by atoms with Gasteiger partial charge in [-0.05, 0) is 48.7 Å². The van der Waals surface area contributed by atoms with Crippen molar-refractivity contribution in [3.63, 3.8) is 0 Å². The number of thiophene rings is 1. The lowest BCUT2D eigenvalue weighted by Crippen LogP contribution is -2.31. The Hall–Kier alpha value is -1.92. The second kappa shape index (κ2) is 8.64. The first-order valence-corrected chi connectivity index (χ1v) is 9.76. The molecule has 1 atom stereocenters. The lowest BCUT2D eigenvalue weighted by Gasteiger charge is -2.18. The first-order valence-electron chi connectivity index (χ1n) is 8.57. The summed E-state index contributed by atoms with van der Waals surface area (Å²) < 4.78 is 13.6. The number of amides is 1. The van der Waals surface area contributed by atoms with E-state index in [2.05, 4.69) is 10.2 Å². The second-order valence-electron chi connectivity index (χ2n) is 6.41. The van der Waals surface area contributed by atoms with Crippen molar-refractivity contribution in [2.75, 3.05) is 24.5 Å². The number of nitrogens with one attached hydrogen (secondary N) is 1. The number of anilines is 1. The van der Waals surface area contributed by atoms with Crippen molar-refractivity contribution in [3.05, 3.63) is 51.4 Å². The summed E-state index contributed by atoms with van der Waals surface area (Å²) >= 11 is 7.05. The normalized spacial score (nSPS) is 16.7. The maximum absolute atomic E-state index is 13.0. The minimum atomic E-state index is -0.240. The molecule has 1 aliphatic rings. The maximum atomic E-state index is 13.0. The van der Waals surface area contributed by atoms with E-state index in [9.17, 15) is 14.0 Å². The van der Waals surface area contributed by atoms with E-state index < -0.39 is 0 Å². The number of nitrogens with zero attached hydrogens (tertiary/aromatic N) is 1. The number of rotatable bonds is 7. The summed E-state index contributed by atoms with van der Waals surface area (Å²) in [4.78, 5) is 26.8. The van der Waals surface area contributed by atoms with Crippen molar-refractivity contribution in [1.82, 2.24) is 5.32 Å². The predicted octanol–water partition coefficient (Wildman–Crippen LogP) is 4.15. The zero-order valence-electron chi connectivity index (χ0n) is 14.2. The van der Waals surface area contributed by atoms with Gasteiger partial charge in [0.25, 0.3) is 0 Å². The summed E-state index contributed by atoms with van der Waals surface area (Å²) in [5.74, 6) is -0.0476. The van der Waals surface area contributed by atoms with E-state index in [1.54, 1.807) is 24.3 Å². The first kappa shape index (κ1) is 18.9. The van der Waals surface area contributed by atoms with Crippen molar-refractivity contribution in [1.29, 1.82) is 0 Å². The molecule has 0 spiro atoms. The number of hydrogen-bond acceptors (Lipinski definition) is 4. The third kappa shape index (κ3) is 5.05. The molecule has 1 amide bonds. The van der Waals surface area contributed by atoms with Gasteiger partial charge in [-0.25, -0.2) is 4.39 Å². The standard InChI is InChI=1S/C19H20ClFN2O2S/c20-18-7-6-17(26-18)16(24)5-8-19(25)22-11-13-9-10-23(12-13)15-3-1-14(21)2-4-15/h1-4,6-7,13H,5,8-12H2,(H,22,25). The quantitative estimate of drug-likeness (QED) is 0.718. The van der Waals surface area contributed by atoms with Crippen molar-refractivity contribution in [2.24, 2.45) is 5.92 Å². The molecular formula is C19H20ClFN2O2S. The fourth-order valence-corrected chi connectivity index (χ4v) is 4.06. The highest BCUT2D eigenvalue weighted by atomic mass is 35.5. The van der Waals surface area contributed by atoms with Crippen molar-refractivity contribution in [2.45, 2.75) is 19.3 Å². The Balaban J connectivity index is 1.38. The molecule has 1 aromatic heterocycles. The molecule has 1 N–H and O–H groups in total. The Morgan fingerprint density at radius 3 is 2.65 bits per heavy atom. The monoisotopic (exact) mass is 394 g/mol. The van der Waals surface area contributed by atoms with Crippen LogP contribution in [0.3, 0.4) is 0 Å². The minimum Gasteiger partial charge on any atom is -0.371 e. The van der Waals surface area contributed by atoms with Gasteiger partial charge in [-0.2, -0.15) is 0 Å². The smallest absolute Gasteiger partial charge is 0.220 e. The van der Waals surface area contributed by atoms with E-state index in [1.165, 1.54) is 23.5 Å². The van der Waals surface area contributed by atoms with Crippen LogP contribution >= 0.6 is 22.9 Å². The van der Waals surface area contributed by atoms with Crippen molar-refractivity contribution >= 4 is 40.3 Å². The largest absolute Gasteiger partial charge is 0.371 e. The Bertz CT molecular complexity index is 778. The predicted molar refractivity (Wildman–Crippen MR) is 103 cm³/mol. The van der Waals surface area contributed by atoms with Gasteiger partial charge in [-0.15, -0.1) is 11.3 Å². The number of benzene rings is 1. The topological polar surface area (TPSA) is 49.4 Å². The number of halogens is 2.